The van der Waals surface area contributed by atoms with Crippen molar-refractivity contribution in [1.29, 1.82) is 0 Å². The van der Waals surface area contributed by atoms with Crippen LogP contribution in [0, 0.1) is 16.0 Å². The van der Waals surface area contributed by atoms with Crippen molar-refractivity contribution in [3.8, 4) is 0 Å². The molecule has 0 unspecified atom stereocenters. The van der Waals surface area contributed by atoms with Crippen molar-refractivity contribution >= 4 is 17.6 Å². The number of guanidine groups is 1. The Kier molecular flexibility index (Phi) is 7.37. The third-order valence-electron chi connectivity index (χ3n) is 4.59. The lowest BCUT2D eigenvalue weighted by atomic mass is 9.93. The molecule has 26 heavy (non-hydrogen) atoms. The van der Waals surface area contributed by atoms with E-state index in [0.29, 0.717) is 17.9 Å². The lowest BCUT2D eigenvalue weighted by Crippen LogP contribution is -2.46. The van der Waals surface area contributed by atoms with Gasteiger partial charge in [0.1, 0.15) is 0 Å². The van der Waals surface area contributed by atoms with Crippen LogP contribution in [0.1, 0.15) is 31.7 Å². The van der Waals surface area contributed by atoms with Crippen LogP contribution in [0.15, 0.2) is 29.3 Å². The molecule has 2 N–H and O–H groups in total. The van der Waals surface area contributed by atoms with Gasteiger partial charge in [-0.1, -0.05) is 18.2 Å². The molecule has 0 saturated carbocycles. The zero-order chi connectivity index (χ0) is 18.9. The van der Waals surface area contributed by atoms with Crippen molar-refractivity contribution in [2.24, 2.45) is 10.9 Å². The summed E-state index contributed by atoms with van der Waals surface area (Å²) in [5, 5.41) is 17.1. The molecule has 0 aromatic heterocycles. The van der Waals surface area contributed by atoms with Gasteiger partial charge in [0.2, 0.25) is 5.91 Å². The number of nitrogens with one attached hydrogen (secondary N) is 2. The Morgan fingerprint density at radius 2 is 2.04 bits per heavy atom. The smallest absolute Gasteiger partial charge is 0.274 e. The maximum atomic E-state index is 11.5. The largest absolute Gasteiger partial charge is 0.359 e. The number of hydrogen-bond acceptors (Lipinski definition) is 4. The van der Waals surface area contributed by atoms with Crippen molar-refractivity contribution < 1.29 is 9.72 Å². The number of carbonyl (C=O) groups is 1. The highest BCUT2D eigenvalue weighted by Crippen LogP contribution is 2.21. The van der Waals surface area contributed by atoms with E-state index < -0.39 is 0 Å². The van der Waals surface area contributed by atoms with Crippen LogP contribution in [0.5, 0.6) is 0 Å². The molecule has 1 saturated heterocycles. The second-order valence-corrected chi connectivity index (χ2v) is 6.36. The minimum Gasteiger partial charge on any atom is -0.359 e. The van der Waals surface area contributed by atoms with E-state index in [9.17, 15) is 14.9 Å². The Balaban J connectivity index is 2.02. The molecule has 8 nitrogen and oxygen atoms in total. The molecular weight excluding hydrogens is 334 g/mol. The Hall–Kier alpha value is -2.64. The number of carbonyl (C=O) groups excluding carboxylic acids is 1. The summed E-state index contributed by atoms with van der Waals surface area (Å²) < 4.78 is 0. The number of rotatable bonds is 6. The average Bonchev–Trinajstić information content (AvgIpc) is 2.66. The Morgan fingerprint density at radius 3 is 2.65 bits per heavy atom. The first-order valence-electron chi connectivity index (χ1n) is 9.01. The van der Waals surface area contributed by atoms with E-state index in [1.165, 1.54) is 6.07 Å². The maximum absolute atomic E-state index is 11.5. The van der Waals surface area contributed by atoms with Gasteiger partial charge in [0.25, 0.3) is 5.69 Å². The summed E-state index contributed by atoms with van der Waals surface area (Å²) in [5.74, 6) is 1.24. The molecule has 0 aliphatic carbocycles. The fourth-order valence-corrected chi connectivity index (χ4v) is 3.12. The number of likely N-dealkylation sites (tertiary alicyclic amines) is 1. The van der Waals surface area contributed by atoms with E-state index in [4.69, 9.17) is 0 Å². The summed E-state index contributed by atoms with van der Waals surface area (Å²) in [6.07, 6.45) is 2.43. The van der Waals surface area contributed by atoms with Gasteiger partial charge in [0.05, 0.1) is 17.0 Å². The Bertz CT molecular complexity index is 654. The first kappa shape index (κ1) is 19.7. The van der Waals surface area contributed by atoms with Crippen LogP contribution in [-0.2, 0) is 11.3 Å². The first-order valence-corrected chi connectivity index (χ1v) is 9.01. The van der Waals surface area contributed by atoms with E-state index in [0.717, 1.165) is 38.4 Å². The monoisotopic (exact) mass is 361 g/mol. The third-order valence-corrected chi connectivity index (χ3v) is 4.59. The molecule has 0 spiro atoms. The van der Waals surface area contributed by atoms with Crippen LogP contribution in [-0.4, -0.2) is 48.4 Å². The number of amides is 1. The van der Waals surface area contributed by atoms with E-state index in [1.807, 2.05) is 6.92 Å². The van der Waals surface area contributed by atoms with Gasteiger partial charge in [-0.15, -0.1) is 0 Å². The minimum absolute atomic E-state index is 0.0837. The predicted octanol–water partition coefficient (Wildman–Crippen LogP) is 1.91. The summed E-state index contributed by atoms with van der Waals surface area (Å²) in [6, 6.07) is 6.69. The zero-order valence-corrected chi connectivity index (χ0v) is 15.4. The molecule has 8 heteroatoms. The van der Waals surface area contributed by atoms with Gasteiger partial charge in [-0.25, -0.2) is 4.99 Å². The summed E-state index contributed by atoms with van der Waals surface area (Å²) in [7, 11) is 1.66. The lowest BCUT2D eigenvalue weighted by molar-refractivity contribution is -0.385. The van der Waals surface area contributed by atoms with Crippen LogP contribution in [0.4, 0.5) is 5.69 Å². The molecular formula is C18H27N5O3. The Labute approximate surface area is 153 Å². The second-order valence-electron chi connectivity index (χ2n) is 6.36. The molecule has 1 aromatic carbocycles. The van der Waals surface area contributed by atoms with Crippen molar-refractivity contribution in [2.45, 2.75) is 32.7 Å². The average molecular weight is 361 g/mol. The molecule has 1 amide bonds. The lowest BCUT2D eigenvalue weighted by Gasteiger charge is -2.34. The van der Waals surface area contributed by atoms with E-state index >= 15 is 0 Å². The number of benzene rings is 1. The van der Waals surface area contributed by atoms with Crippen LogP contribution < -0.4 is 10.6 Å². The third kappa shape index (κ3) is 5.44. The molecule has 0 bridgehead atoms. The van der Waals surface area contributed by atoms with Crippen LogP contribution in [0.25, 0.3) is 0 Å². The standard InChI is InChI=1S/C18H27N5O3/c1-3-20-18(21-13-15-6-4-5-7-16(15)23(25)26)22-10-8-14(9-11-22)12-17(24)19-2/h4-7,14H,3,8-13H2,1-2H3,(H,19,24)(H,20,21). The highest BCUT2D eigenvalue weighted by Gasteiger charge is 2.23. The summed E-state index contributed by atoms with van der Waals surface area (Å²) >= 11 is 0. The molecule has 1 aliphatic rings. The second kappa shape index (κ2) is 9.74. The first-order chi connectivity index (χ1) is 12.5. The molecule has 2 rings (SSSR count). The molecule has 1 heterocycles. The van der Waals surface area contributed by atoms with Crippen molar-refractivity contribution in [3.05, 3.63) is 39.9 Å². The molecule has 1 fully saturated rings. The quantitative estimate of drug-likeness (QED) is 0.349. The van der Waals surface area contributed by atoms with Crippen LogP contribution in [0.3, 0.4) is 0 Å². The van der Waals surface area contributed by atoms with Gasteiger partial charge in [-0.2, -0.15) is 0 Å². The van der Waals surface area contributed by atoms with Gasteiger partial charge < -0.3 is 15.5 Å². The van der Waals surface area contributed by atoms with E-state index in [1.54, 1.807) is 25.2 Å². The molecule has 0 atom stereocenters. The van der Waals surface area contributed by atoms with Gasteiger partial charge in [-0.3, -0.25) is 14.9 Å². The molecule has 1 aliphatic heterocycles. The summed E-state index contributed by atoms with van der Waals surface area (Å²) in [6.45, 7) is 4.64. The topological polar surface area (TPSA) is 99.9 Å². The number of nitro groups is 1. The van der Waals surface area contributed by atoms with Gasteiger partial charge in [0, 0.05) is 39.2 Å². The number of aliphatic imine (C=N–C) groups is 1. The number of piperidine rings is 1. The van der Waals surface area contributed by atoms with Gasteiger partial charge in [0.15, 0.2) is 5.96 Å². The van der Waals surface area contributed by atoms with Crippen molar-refractivity contribution in [3.63, 3.8) is 0 Å². The molecule has 142 valence electrons. The van der Waals surface area contributed by atoms with Crippen molar-refractivity contribution in [1.82, 2.24) is 15.5 Å². The maximum Gasteiger partial charge on any atom is 0.274 e. The number of hydrogen-bond donors (Lipinski definition) is 2. The minimum atomic E-state index is -0.373. The molecule has 0 radical (unpaired) electrons. The molecule has 1 aromatic rings. The predicted molar refractivity (Wildman–Crippen MR) is 101 cm³/mol. The SMILES string of the molecule is CCNC(=NCc1ccccc1[N+](=O)[O-])N1CCC(CC(=O)NC)CC1. The van der Waals surface area contributed by atoms with E-state index in [2.05, 4.69) is 20.5 Å². The summed E-state index contributed by atoms with van der Waals surface area (Å²) in [4.78, 5) is 29.1. The van der Waals surface area contributed by atoms with E-state index in [-0.39, 0.29) is 23.1 Å². The van der Waals surface area contributed by atoms with Crippen molar-refractivity contribution in [2.75, 3.05) is 26.7 Å². The van der Waals surface area contributed by atoms with Gasteiger partial charge >= 0.3 is 0 Å². The van der Waals surface area contributed by atoms with Gasteiger partial charge in [-0.05, 0) is 25.7 Å². The zero-order valence-electron chi connectivity index (χ0n) is 15.4. The number of para-hydroxylation sites is 1. The normalized spacial score (nSPS) is 15.6. The Morgan fingerprint density at radius 1 is 1.35 bits per heavy atom. The highest BCUT2D eigenvalue weighted by molar-refractivity contribution is 5.80. The number of nitrogens with zero attached hydrogens (tertiary/aromatic N) is 3. The highest BCUT2D eigenvalue weighted by atomic mass is 16.6. The number of nitro benzene ring substituents is 1. The van der Waals surface area contributed by atoms with Crippen LogP contribution in [0.2, 0.25) is 0 Å². The fourth-order valence-electron chi connectivity index (χ4n) is 3.12. The summed E-state index contributed by atoms with van der Waals surface area (Å²) in [5.41, 5.74) is 0.693. The van der Waals surface area contributed by atoms with Crippen LogP contribution >= 0.6 is 0 Å². The fraction of sp³-hybridized carbons (Fsp3) is 0.556.